The van der Waals surface area contributed by atoms with E-state index in [9.17, 15) is 21.6 Å². The normalized spacial score (nSPS) is 19.2. The van der Waals surface area contributed by atoms with Gasteiger partial charge in [0.2, 0.25) is 0 Å². The summed E-state index contributed by atoms with van der Waals surface area (Å²) in [5.74, 6) is -0.796. The van der Waals surface area contributed by atoms with E-state index in [0.717, 1.165) is 0 Å². The molecule has 9 heteroatoms. The first-order valence-corrected chi connectivity index (χ1v) is 11.4. The predicted octanol–water partition coefficient (Wildman–Crippen LogP) is 0.972. The van der Waals surface area contributed by atoms with Crippen molar-refractivity contribution >= 4 is 25.6 Å². The lowest BCUT2D eigenvalue weighted by molar-refractivity contribution is 0.0950. The highest BCUT2D eigenvalue weighted by molar-refractivity contribution is 7.96. The van der Waals surface area contributed by atoms with Gasteiger partial charge in [-0.2, -0.15) is 0 Å². The number of carbonyl (C=O) groups excluding carboxylic acids is 1. The number of aromatic nitrogens is 1. The largest absolute Gasteiger partial charge is 0.346 e. The van der Waals surface area contributed by atoms with Gasteiger partial charge >= 0.3 is 0 Å². The lowest BCUT2D eigenvalue weighted by Gasteiger charge is -2.11. The first-order valence-electron chi connectivity index (χ1n) is 8.00. The van der Waals surface area contributed by atoms with Gasteiger partial charge in [-0.05, 0) is 42.8 Å². The Balaban J connectivity index is 1.69. The molecule has 1 aliphatic heterocycles. The monoisotopic (exact) mass is 394 g/mol. The summed E-state index contributed by atoms with van der Waals surface area (Å²) in [6.45, 7) is 0.264. The Bertz CT molecular complexity index is 1000. The summed E-state index contributed by atoms with van der Waals surface area (Å²) in [5, 5.41) is 1.79. The number of nitrogens with one attached hydrogen (secondary N) is 1. The Labute approximate surface area is 152 Å². The molecule has 138 valence electrons. The van der Waals surface area contributed by atoms with E-state index in [-0.39, 0.29) is 35.3 Å². The first kappa shape index (κ1) is 18.5. The molecule has 0 spiro atoms. The minimum absolute atomic E-state index is 0.0286. The third-order valence-corrected chi connectivity index (χ3v) is 8.42. The van der Waals surface area contributed by atoms with Gasteiger partial charge in [-0.15, -0.1) is 0 Å². The third kappa shape index (κ3) is 4.10. The molecule has 2 aromatic rings. The number of hydrogen-bond acceptors (Lipinski definition) is 6. The fourth-order valence-electron chi connectivity index (χ4n) is 2.77. The zero-order valence-corrected chi connectivity index (χ0v) is 15.5. The first-order chi connectivity index (χ1) is 12.3. The second-order valence-electron chi connectivity index (χ2n) is 6.10. The topological polar surface area (TPSA) is 110 Å². The van der Waals surface area contributed by atoms with E-state index in [2.05, 4.69) is 10.3 Å². The highest BCUT2D eigenvalue weighted by Gasteiger charge is 2.37. The van der Waals surface area contributed by atoms with Crippen LogP contribution in [-0.2, 0) is 26.2 Å². The van der Waals surface area contributed by atoms with Crippen LogP contribution in [0.15, 0.2) is 53.6 Å². The molecule has 1 amide bonds. The Morgan fingerprint density at radius 1 is 1.15 bits per heavy atom. The maximum Gasteiger partial charge on any atom is 0.251 e. The highest BCUT2D eigenvalue weighted by Crippen LogP contribution is 2.25. The summed E-state index contributed by atoms with van der Waals surface area (Å²) in [7, 11) is -7.02. The molecule has 1 N–H and O–H groups in total. The average Bonchev–Trinajstić information content (AvgIpc) is 3.01. The van der Waals surface area contributed by atoms with E-state index < -0.39 is 24.9 Å². The zero-order chi connectivity index (χ0) is 18.8. The maximum absolute atomic E-state index is 12.5. The molecule has 26 heavy (non-hydrogen) atoms. The van der Waals surface area contributed by atoms with Gasteiger partial charge in [0.25, 0.3) is 5.91 Å². The highest BCUT2D eigenvalue weighted by atomic mass is 32.2. The van der Waals surface area contributed by atoms with E-state index in [1.165, 1.54) is 24.3 Å². The molecule has 0 unspecified atom stereocenters. The van der Waals surface area contributed by atoms with Crippen molar-refractivity contribution in [1.29, 1.82) is 0 Å². The average molecular weight is 394 g/mol. The van der Waals surface area contributed by atoms with E-state index in [1.807, 2.05) is 6.07 Å². The molecule has 1 aromatic heterocycles. The van der Waals surface area contributed by atoms with Crippen LogP contribution in [0.2, 0.25) is 0 Å². The minimum atomic E-state index is -3.73. The van der Waals surface area contributed by atoms with Crippen molar-refractivity contribution < 1.29 is 21.6 Å². The van der Waals surface area contributed by atoms with Gasteiger partial charge < -0.3 is 5.32 Å². The lowest BCUT2D eigenvalue weighted by atomic mass is 10.2. The molecule has 1 saturated heterocycles. The molecule has 1 aromatic carbocycles. The summed E-state index contributed by atoms with van der Waals surface area (Å²) in [5.41, 5.74) is 1.03. The molecule has 0 radical (unpaired) electrons. The summed E-state index contributed by atoms with van der Waals surface area (Å²) in [6, 6.07) is 10.9. The van der Waals surface area contributed by atoms with Crippen molar-refractivity contribution in [1.82, 2.24) is 10.3 Å². The molecule has 0 aliphatic carbocycles. The number of benzene rings is 1. The van der Waals surface area contributed by atoms with Crippen LogP contribution in [0.5, 0.6) is 0 Å². The molecule has 1 fully saturated rings. The molecular weight excluding hydrogens is 376 g/mol. The standard InChI is InChI=1S/C17H18N2O5S2/c20-17(19-11-14-3-1-2-9-18-14)13-4-6-15(7-5-13)26(23,24)16-8-10-25(21,22)12-16/h1-7,9,16H,8,10-12H2,(H,19,20)/t16-/m1/s1. The Kier molecular flexibility index (Phi) is 5.10. The molecular formula is C17H18N2O5S2. The number of rotatable bonds is 5. The number of amides is 1. The van der Waals surface area contributed by atoms with Crippen LogP contribution >= 0.6 is 0 Å². The van der Waals surface area contributed by atoms with Crippen LogP contribution < -0.4 is 5.32 Å². The third-order valence-electron chi connectivity index (χ3n) is 4.23. The number of nitrogens with zero attached hydrogens (tertiary/aromatic N) is 1. The van der Waals surface area contributed by atoms with Crippen LogP contribution in [0.25, 0.3) is 0 Å². The van der Waals surface area contributed by atoms with Gasteiger partial charge in [0.1, 0.15) is 0 Å². The van der Waals surface area contributed by atoms with E-state index in [0.29, 0.717) is 11.3 Å². The predicted molar refractivity (Wildman–Crippen MR) is 96.1 cm³/mol. The van der Waals surface area contributed by atoms with Gasteiger partial charge in [-0.3, -0.25) is 9.78 Å². The number of sulfone groups is 2. The van der Waals surface area contributed by atoms with Crippen molar-refractivity contribution in [2.75, 3.05) is 11.5 Å². The smallest absolute Gasteiger partial charge is 0.251 e. The fraction of sp³-hybridized carbons (Fsp3) is 0.294. The van der Waals surface area contributed by atoms with Crippen molar-refractivity contribution in [2.24, 2.45) is 0 Å². The van der Waals surface area contributed by atoms with Gasteiger partial charge in [0, 0.05) is 11.8 Å². The van der Waals surface area contributed by atoms with Crippen molar-refractivity contribution in [2.45, 2.75) is 23.1 Å². The van der Waals surface area contributed by atoms with Crippen LogP contribution in [-0.4, -0.2) is 44.5 Å². The second-order valence-corrected chi connectivity index (χ2v) is 10.6. The lowest BCUT2D eigenvalue weighted by Crippen LogP contribution is -2.24. The second kappa shape index (κ2) is 7.16. The van der Waals surface area contributed by atoms with E-state index in [1.54, 1.807) is 18.3 Å². The summed E-state index contributed by atoms with van der Waals surface area (Å²) < 4.78 is 48.1. The van der Waals surface area contributed by atoms with Crippen LogP contribution in [0.1, 0.15) is 22.5 Å². The molecule has 1 atom stereocenters. The molecule has 1 aliphatic rings. The summed E-state index contributed by atoms with van der Waals surface area (Å²) in [6.07, 6.45) is 1.74. The van der Waals surface area contributed by atoms with Crippen molar-refractivity contribution in [3.63, 3.8) is 0 Å². The van der Waals surface area contributed by atoms with E-state index in [4.69, 9.17) is 0 Å². The van der Waals surface area contributed by atoms with Crippen LogP contribution in [0, 0.1) is 0 Å². The summed E-state index contributed by atoms with van der Waals surface area (Å²) in [4.78, 5) is 16.3. The maximum atomic E-state index is 12.5. The molecule has 0 bridgehead atoms. The molecule has 0 saturated carbocycles. The van der Waals surface area contributed by atoms with Gasteiger partial charge in [-0.25, -0.2) is 16.8 Å². The van der Waals surface area contributed by atoms with Gasteiger partial charge in [-0.1, -0.05) is 6.07 Å². The van der Waals surface area contributed by atoms with Crippen LogP contribution in [0.4, 0.5) is 0 Å². The molecule has 2 heterocycles. The Hall–Kier alpha value is -2.26. The van der Waals surface area contributed by atoms with E-state index >= 15 is 0 Å². The molecule has 7 nitrogen and oxygen atoms in total. The Morgan fingerprint density at radius 3 is 2.46 bits per heavy atom. The van der Waals surface area contributed by atoms with Gasteiger partial charge in [0.15, 0.2) is 19.7 Å². The fourth-order valence-corrected chi connectivity index (χ4v) is 7.13. The quantitative estimate of drug-likeness (QED) is 0.809. The zero-order valence-electron chi connectivity index (χ0n) is 13.8. The molecule has 3 rings (SSSR count). The van der Waals surface area contributed by atoms with Crippen molar-refractivity contribution in [3.8, 4) is 0 Å². The Morgan fingerprint density at radius 2 is 1.88 bits per heavy atom. The minimum Gasteiger partial charge on any atom is -0.346 e. The van der Waals surface area contributed by atoms with Crippen molar-refractivity contribution in [3.05, 3.63) is 59.9 Å². The SMILES string of the molecule is O=C(NCc1ccccn1)c1ccc(S(=O)(=O)[C@@H]2CCS(=O)(=O)C2)cc1. The van der Waals surface area contributed by atoms with Crippen LogP contribution in [0.3, 0.4) is 0 Å². The summed E-state index contributed by atoms with van der Waals surface area (Å²) >= 11 is 0. The number of carbonyl (C=O) groups is 1. The number of hydrogen-bond donors (Lipinski definition) is 1. The van der Waals surface area contributed by atoms with Gasteiger partial charge in [0.05, 0.1) is 33.9 Å². The number of pyridine rings is 1.